The van der Waals surface area contributed by atoms with Gasteiger partial charge in [-0.25, -0.2) is 4.79 Å². The van der Waals surface area contributed by atoms with E-state index in [9.17, 15) is 4.79 Å². The first kappa shape index (κ1) is 13.1. The molecule has 0 unspecified atom stereocenters. The lowest BCUT2D eigenvalue weighted by Crippen LogP contribution is -2.00. The monoisotopic (exact) mass is 176 g/mol. The lowest BCUT2D eigenvalue weighted by atomic mass is 10.4. The number of carbonyl (C=O) groups is 2. The molecule has 0 spiro atoms. The van der Waals surface area contributed by atoms with Crippen molar-refractivity contribution in [3.05, 3.63) is 12.7 Å². The number of carbonyl (C=O) groups excluding carboxylic acids is 1. The van der Waals surface area contributed by atoms with Crippen LogP contribution >= 0.6 is 0 Å². The maximum absolute atomic E-state index is 10.3. The highest BCUT2D eigenvalue weighted by atomic mass is 16.6. The Balaban J connectivity index is 0. The van der Waals surface area contributed by atoms with E-state index in [0.717, 1.165) is 0 Å². The normalized spacial score (nSPS) is 7.42. The number of hydrogen-bond donors (Lipinski definition) is 2. The van der Waals surface area contributed by atoms with Crippen molar-refractivity contribution in [2.45, 2.75) is 13.3 Å². The second-order valence-corrected chi connectivity index (χ2v) is 1.58. The summed E-state index contributed by atoms with van der Waals surface area (Å²) < 4.78 is 4.57. The van der Waals surface area contributed by atoms with E-state index in [1.165, 1.54) is 6.08 Å². The van der Waals surface area contributed by atoms with Gasteiger partial charge in [-0.3, -0.25) is 4.79 Å². The van der Waals surface area contributed by atoms with Gasteiger partial charge in [0.1, 0.15) is 0 Å². The molecule has 5 nitrogen and oxygen atoms in total. The van der Waals surface area contributed by atoms with Crippen LogP contribution in [0.25, 0.3) is 0 Å². The molecule has 0 saturated heterocycles. The third-order valence-corrected chi connectivity index (χ3v) is 0.616. The first-order valence-corrected chi connectivity index (χ1v) is 3.23. The lowest BCUT2D eigenvalue weighted by Gasteiger charge is -1.94. The van der Waals surface area contributed by atoms with E-state index in [1.54, 1.807) is 6.92 Å². The number of carboxylic acid groups (broad SMARTS) is 2. The highest BCUT2D eigenvalue weighted by Gasteiger charge is 1.93. The molecule has 0 radical (unpaired) electrons. The molecule has 0 aromatic carbocycles. The summed E-state index contributed by atoms with van der Waals surface area (Å²) in [5, 5.41) is 13.9. The molecule has 0 rings (SSSR count). The maximum atomic E-state index is 10.3. The molecule has 0 bridgehead atoms. The van der Waals surface area contributed by atoms with Gasteiger partial charge < -0.3 is 14.9 Å². The van der Waals surface area contributed by atoms with E-state index in [1.807, 2.05) is 0 Å². The van der Waals surface area contributed by atoms with Crippen molar-refractivity contribution in [1.29, 1.82) is 0 Å². The fraction of sp³-hybridized carbons (Fsp3) is 0.429. The Morgan fingerprint density at radius 1 is 1.50 bits per heavy atom. The van der Waals surface area contributed by atoms with Gasteiger partial charge in [-0.15, -0.1) is 6.58 Å². The van der Waals surface area contributed by atoms with Crippen molar-refractivity contribution in [1.82, 2.24) is 0 Å². The Bertz CT molecular complexity index is 148. The summed E-state index contributed by atoms with van der Waals surface area (Å²) in [7, 11) is 0. The fourth-order valence-electron chi connectivity index (χ4n) is 0.338. The molecule has 0 heterocycles. The molecule has 0 fully saturated rings. The minimum absolute atomic E-state index is 0.206. The summed E-state index contributed by atoms with van der Waals surface area (Å²) in [4.78, 5) is 18.9. The van der Waals surface area contributed by atoms with Crippen molar-refractivity contribution in [3.8, 4) is 0 Å². The molecule has 5 heteroatoms. The minimum atomic E-state index is -1.83. The van der Waals surface area contributed by atoms with Crippen LogP contribution in [0.15, 0.2) is 12.7 Å². The SMILES string of the molecule is C=CCC(=O)OCC.O=C(O)O. The first-order chi connectivity index (χ1) is 5.54. The maximum Gasteiger partial charge on any atom is 0.503 e. The van der Waals surface area contributed by atoms with Gasteiger partial charge in [-0.2, -0.15) is 0 Å². The van der Waals surface area contributed by atoms with Gasteiger partial charge in [0, 0.05) is 0 Å². The molecule has 2 N–H and O–H groups in total. The van der Waals surface area contributed by atoms with E-state index in [-0.39, 0.29) is 5.97 Å². The van der Waals surface area contributed by atoms with E-state index in [2.05, 4.69) is 11.3 Å². The summed E-state index contributed by atoms with van der Waals surface area (Å²) in [6.07, 6.45) is 0.00579. The molecular weight excluding hydrogens is 164 g/mol. The van der Waals surface area contributed by atoms with Crippen LogP contribution in [0, 0.1) is 0 Å². The van der Waals surface area contributed by atoms with Crippen molar-refractivity contribution >= 4 is 12.1 Å². The van der Waals surface area contributed by atoms with Crippen molar-refractivity contribution in [2.75, 3.05) is 6.61 Å². The van der Waals surface area contributed by atoms with Crippen molar-refractivity contribution in [3.63, 3.8) is 0 Å². The predicted octanol–water partition coefficient (Wildman–Crippen LogP) is 1.35. The zero-order valence-electron chi connectivity index (χ0n) is 6.82. The molecular formula is C7H12O5. The van der Waals surface area contributed by atoms with E-state index in [0.29, 0.717) is 13.0 Å². The Labute approximate surface area is 70.3 Å². The standard InChI is InChI=1S/C6H10O2.CH2O3/c1-3-5-6(7)8-4-2;2-1(3)4/h3H,1,4-5H2,2H3;(H2,2,3,4). The van der Waals surface area contributed by atoms with Gasteiger partial charge in [-0.05, 0) is 6.92 Å². The second-order valence-electron chi connectivity index (χ2n) is 1.58. The zero-order chi connectivity index (χ0) is 9.98. The zero-order valence-corrected chi connectivity index (χ0v) is 6.82. The quantitative estimate of drug-likeness (QED) is 0.500. The summed E-state index contributed by atoms with van der Waals surface area (Å²) in [6, 6.07) is 0. The van der Waals surface area contributed by atoms with Crippen molar-refractivity contribution < 1.29 is 24.5 Å². The smallest absolute Gasteiger partial charge is 0.466 e. The topological polar surface area (TPSA) is 83.8 Å². The molecule has 0 amide bonds. The predicted molar refractivity (Wildman–Crippen MR) is 42.1 cm³/mol. The molecule has 0 atom stereocenters. The molecule has 0 aromatic rings. The largest absolute Gasteiger partial charge is 0.503 e. The van der Waals surface area contributed by atoms with Gasteiger partial charge in [0.2, 0.25) is 0 Å². The average molecular weight is 176 g/mol. The lowest BCUT2D eigenvalue weighted by molar-refractivity contribution is -0.142. The van der Waals surface area contributed by atoms with Crippen LogP contribution in [0.2, 0.25) is 0 Å². The third-order valence-electron chi connectivity index (χ3n) is 0.616. The Hall–Kier alpha value is -1.52. The van der Waals surface area contributed by atoms with Gasteiger partial charge >= 0.3 is 12.1 Å². The molecule has 0 aliphatic heterocycles. The highest BCUT2D eigenvalue weighted by Crippen LogP contribution is 1.84. The van der Waals surface area contributed by atoms with Crippen molar-refractivity contribution in [2.24, 2.45) is 0 Å². The number of ether oxygens (including phenoxy) is 1. The Kier molecular flexibility index (Phi) is 10.3. The first-order valence-electron chi connectivity index (χ1n) is 3.23. The van der Waals surface area contributed by atoms with Crippen LogP contribution < -0.4 is 0 Å². The number of esters is 1. The Morgan fingerprint density at radius 3 is 2.17 bits per heavy atom. The summed E-state index contributed by atoms with van der Waals surface area (Å²) in [6.45, 7) is 5.61. The molecule has 0 aliphatic carbocycles. The van der Waals surface area contributed by atoms with Gasteiger partial charge in [0.25, 0.3) is 0 Å². The van der Waals surface area contributed by atoms with Crippen LogP contribution in [0.3, 0.4) is 0 Å². The van der Waals surface area contributed by atoms with Gasteiger partial charge in [-0.1, -0.05) is 6.08 Å². The summed E-state index contributed by atoms with van der Waals surface area (Å²) in [5.41, 5.74) is 0. The minimum Gasteiger partial charge on any atom is -0.466 e. The molecule has 0 saturated carbocycles. The molecule has 0 aromatic heterocycles. The van der Waals surface area contributed by atoms with Crippen LogP contribution in [-0.4, -0.2) is 28.9 Å². The summed E-state index contributed by atoms with van der Waals surface area (Å²) in [5.74, 6) is -0.206. The van der Waals surface area contributed by atoms with Gasteiger partial charge in [0.15, 0.2) is 0 Å². The summed E-state index contributed by atoms with van der Waals surface area (Å²) >= 11 is 0. The third kappa shape index (κ3) is 23.6. The number of hydrogen-bond acceptors (Lipinski definition) is 3. The van der Waals surface area contributed by atoms with Gasteiger partial charge in [0.05, 0.1) is 13.0 Å². The average Bonchev–Trinajstić information content (AvgIpc) is 1.87. The second kappa shape index (κ2) is 9.48. The molecule has 12 heavy (non-hydrogen) atoms. The molecule has 0 aliphatic rings. The molecule has 70 valence electrons. The number of rotatable bonds is 3. The van der Waals surface area contributed by atoms with E-state index >= 15 is 0 Å². The van der Waals surface area contributed by atoms with Crippen LogP contribution in [0.5, 0.6) is 0 Å². The van der Waals surface area contributed by atoms with Crippen LogP contribution in [0.4, 0.5) is 4.79 Å². The van der Waals surface area contributed by atoms with Crippen LogP contribution in [0.1, 0.15) is 13.3 Å². The van der Waals surface area contributed by atoms with E-state index in [4.69, 9.17) is 15.0 Å². The van der Waals surface area contributed by atoms with E-state index < -0.39 is 6.16 Å². The highest BCUT2D eigenvalue weighted by molar-refractivity contribution is 5.70. The Morgan fingerprint density at radius 2 is 1.92 bits per heavy atom. The van der Waals surface area contributed by atoms with Crippen LogP contribution in [-0.2, 0) is 9.53 Å². The fourth-order valence-corrected chi connectivity index (χ4v) is 0.338.